The molecular formula is C20H23N7OS. The lowest BCUT2D eigenvalue weighted by Gasteiger charge is -2.23. The summed E-state index contributed by atoms with van der Waals surface area (Å²) in [5, 5.41) is 7.76. The molecule has 1 fully saturated rings. The molecule has 2 aliphatic rings. The van der Waals surface area contributed by atoms with E-state index in [-0.39, 0.29) is 11.4 Å². The van der Waals surface area contributed by atoms with Gasteiger partial charge in [-0.15, -0.1) is 0 Å². The van der Waals surface area contributed by atoms with Gasteiger partial charge in [0.25, 0.3) is 0 Å². The molecule has 1 spiro atoms. The Morgan fingerprint density at radius 1 is 1.34 bits per heavy atom. The summed E-state index contributed by atoms with van der Waals surface area (Å²) in [5.74, 6) is 0.495. The Morgan fingerprint density at radius 3 is 3.00 bits per heavy atom. The molecule has 5 heterocycles. The standard InChI is InChI=1S/C20H23N7OS/c1-2-22-19(28)26-7-4-20(12-26)5-8-27-17(20)10-15(25-27)13-9-14(18(21)23-11-13)16-3-6-24-29-16/h3,6,9-11H,2,4-5,7-8,12H2,1H3,(H2,21,23)(H,22,28). The third-order valence-electron chi connectivity index (χ3n) is 6.01. The van der Waals surface area contributed by atoms with Crippen LogP contribution in [0.4, 0.5) is 10.6 Å². The van der Waals surface area contributed by atoms with Crippen LogP contribution in [0.15, 0.2) is 30.6 Å². The molecule has 8 nitrogen and oxygen atoms in total. The lowest BCUT2D eigenvalue weighted by atomic mass is 9.82. The van der Waals surface area contributed by atoms with Crippen molar-refractivity contribution in [2.75, 3.05) is 25.4 Å². The number of pyridine rings is 1. The highest BCUT2D eigenvalue weighted by molar-refractivity contribution is 7.09. The topological polar surface area (TPSA) is 102 Å². The highest BCUT2D eigenvalue weighted by Gasteiger charge is 2.46. The molecule has 1 unspecified atom stereocenters. The number of anilines is 1. The Balaban J connectivity index is 1.46. The predicted octanol–water partition coefficient (Wildman–Crippen LogP) is 2.73. The summed E-state index contributed by atoms with van der Waals surface area (Å²) in [7, 11) is 0. The first kappa shape index (κ1) is 18.1. The first-order chi connectivity index (χ1) is 14.1. The van der Waals surface area contributed by atoms with Crippen LogP contribution in [0.5, 0.6) is 0 Å². The zero-order valence-corrected chi connectivity index (χ0v) is 17.1. The van der Waals surface area contributed by atoms with Crippen LogP contribution in [-0.4, -0.2) is 49.7 Å². The average Bonchev–Trinajstić information content (AvgIpc) is 3.49. The van der Waals surface area contributed by atoms with Crippen molar-refractivity contribution in [3.05, 3.63) is 36.3 Å². The first-order valence-electron chi connectivity index (χ1n) is 9.88. The number of aromatic nitrogens is 4. The number of urea groups is 1. The third kappa shape index (κ3) is 2.96. The maximum Gasteiger partial charge on any atom is 0.317 e. The Kier molecular flexibility index (Phi) is 4.27. The highest BCUT2D eigenvalue weighted by Crippen LogP contribution is 2.44. The molecule has 1 atom stereocenters. The summed E-state index contributed by atoms with van der Waals surface area (Å²) in [6, 6.07) is 6.17. The van der Waals surface area contributed by atoms with Gasteiger partial charge in [0.05, 0.1) is 10.6 Å². The molecule has 29 heavy (non-hydrogen) atoms. The fourth-order valence-electron chi connectivity index (χ4n) is 4.49. The molecule has 2 aliphatic heterocycles. The van der Waals surface area contributed by atoms with Gasteiger partial charge < -0.3 is 16.0 Å². The number of aryl methyl sites for hydroxylation is 1. The molecule has 0 aromatic carbocycles. The van der Waals surface area contributed by atoms with Crippen LogP contribution < -0.4 is 11.1 Å². The monoisotopic (exact) mass is 409 g/mol. The maximum absolute atomic E-state index is 12.3. The minimum absolute atomic E-state index is 0.00191. The summed E-state index contributed by atoms with van der Waals surface area (Å²) in [6.45, 7) is 5.00. The second-order valence-electron chi connectivity index (χ2n) is 7.71. The summed E-state index contributed by atoms with van der Waals surface area (Å²) in [5.41, 5.74) is 10.0. The molecule has 3 N–H and O–H groups in total. The molecule has 1 saturated heterocycles. The van der Waals surface area contributed by atoms with Crippen LogP contribution >= 0.6 is 11.5 Å². The Morgan fingerprint density at radius 2 is 2.21 bits per heavy atom. The number of likely N-dealkylation sites (tertiary alicyclic amines) is 1. The molecule has 0 bridgehead atoms. The summed E-state index contributed by atoms with van der Waals surface area (Å²) in [4.78, 5) is 19.6. The lowest BCUT2D eigenvalue weighted by Crippen LogP contribution is -2.40. The molecular weight excluding hydrogens is 386 g/mol. The minimum atomic E-state index is -0.00191. The molecule has 0 saturated carbocycles. The van der Waals surface area contributed by atoms with E-state index < -0.39 is 0 Å². The second kappa shape index (κ2) is 6.84. The summed E-state index contributed by atoms with van der Waals surface area (Å²) in [6.07, 6.45) is 5.54. The van der Waals surface area contributed by atoms with Crippen LogP contribution in [0.3, 0.4) is 0 Å². The zero-order valence-electron chi connectivity index (χ0n) is 16.3. The Hall–Kier alpha value is -2.94. The smallest absolute Gasteiger partial charge is 0.317 e. The van der Waals surface area contributed by atoms with Crippen LogP contribution in [-0.2, 0) is 12.0 Å². The van der Waals surface area contributed by atoms with Crippen LogP contribution in [0.25, 0.3) is 21.7 Å². The van der Waals surface area contributed by atoms with Gasteiger partial charge in [-0.3, -0.25) is 4.68 Å². The van der Waals surface area contributed by atoms with Gasteiger partial charge in [-0.25, -0.2) is 14.2 Å². The van der Waals surface area contributed by atoms with Crippen molar-refractivity contribution in [1.82, 2.24) is 29.4 Å². The molecule has 9 heteroatoms. The molecule has 0 radical (unpaired) electrons. The van der Waals surface area contributed by atoms with E-state index in [0.29, 0.717) is 12.4 Å². The van der Waals surface area contributed by atoms with E-state index in [1.807, 2.05) is 24.0 Å². The molecule has 3 aromatic rings. The van der Waals surface area contributed by atoms with E-state index in [0.717, 1.165) is 54.2 Å². The molecule has 150 valence electrons. The second-order valence-corrected chi connectivity index (χ2v) is 8.54. The van der Waals surface area contributed by atoms with Crippen molar-refractivity contribution >= 4 is 23.4 Å². The molecule has 0 aliphatic carbocycles. The number of rotatable bonds is 3. The Labute approximate surface area is 172 Å². The largest absolute Gasteiger partial charge is 0.383 e. The van der Waals surface area contributed by atoms with Crippen LogP contribution in [0, 0.1) is 0 Å². The summed E-state index contributed by atoms with van der Waals surface area (Å²) >= 11 is 1.40. The quantitative estimate of drug-likeness (QED) is 0.692. The van der Waals surface area contributed by atoms with Crippen molar-refractivity contribution in [2.45, 2.75) is 31.7 Å². The number of amides is 2. The first-order valence-corrected chi connectivity index (χ1v) is 10.6. The fraction of sp³-hybridized carbons (Fsp3) is 0.400. The predicted molar refractivity (Wildman–Crippen MR) is 113 cm³/mol. The Bertz CT molecular complexity index is 1060. The number of hydrogen-bond acceptors (Lipinski definition) is 6. The van der Waals surface area contributed by atoms with Gasteiger partial charge >= 0.3 is 6.03 Å². The van der Waals surface area contributed by atoms with Gasteiger partial charge in [-0.2, -0.15) is 5.10 Å². The van der Waals surface area contributed by atoms with E-state index in [1.54, 1.807) is 12.4 Å². The van der Waals surface area contributed by atoms with Crippen molar-refractivity contribution in [1.29, 1.82) is 0 Å². The van der Waals surface area contributed by atoms with Gasteiger partial charge in [0.2, 0.25) is 0 Å². The molecule has 5 rings (SSSR count). The number of carbonyl (C=O) groups excluding carboxylic acids is 1. The molecule has 3 aromatic heterocycles. The van der Waals surface area contributed by atoms with Gasteiger partial charge in [0.15, 0.2) is 0 Å². The number of nitrogens with one attached hydrogen (secondary N) is 1. The van der Waals surface area contributed by atoms with Crippen LogP contribution in [0.2, 0.25) is 0 Å². The van der Waals surface area contributed by atoms with E-state index in [9.17, 15) is 4.79 Å². The maximum atomic E-state index is 12.3. The summed E-state index contributed by atoms with van der Waals surface area (Å²) < 4.78 is 6.26. The molecule has 2 amide bonds. The highest BCUT2D eigenvalue weighted by atomic mass is 32.1. The minimum Gasteiger partial charge on any atom is -0.383 e. The van der Waals surface area contributed by atoms with Crippen molar-refractivity contribution in [2.24, 2.45) is 0 Å². The van der Waals surface area contributed by atoms with Gasteiger partial charge in [-0.1, -0.05) is 0 Å². The lowest BCUT2D eigenvalue weighted by molar-refractivity contribution is 0.206. The van der Waals surface area contributed by atoms with E-state index in [2.05, 4.69) is 25.4 Å². The van der Waals surface area contributed by atoms with E-state index in [1.165, 1.54) is 17.2 Å². The number of carbonyl (C=O) groups is 1. The van der Waals surface area contributed by atoms with E-state index >= 15 is 0 Å². The average molecular weight is 410 g/mol. The normalized spacial score (nSPS) is 20.4. The third-order valence-corrected chi connectivity index (χ3v) is 6.79. The van der Waals surface area contributed by atoms with Gasteiger partial charge in [0.1, 0.15) is 5.82 Å². The van der Waals surface area contributed by atoms with E-state index in [4.69, 9.17) is 10.8 Å². The van der Waals surface area contributed by atoms with Gasteiger partial charge in [-0.05, 0) is 49.5 Å². The number of nitrogen functional groups attached to an aromatic ring is 1. The number of hydrogen-bond donors (Lipinski definition) is 2. The zero-order chi connectivity index (χ0) is 20.0. The number of fused-ring (bicyclic) bond motifs is 2. The van der Waals surface area contributed by atoms with Gasteiger partial charge in [0, 0.05) is 60.8 Å². The van der Waals surface area contributed by atoms with Crippen molar-refractivity contribution in [3.63, 3.8) is 0 Å². The fourth-order valence-corrected chi connectivity index (χ4v) is 5.11. The van der Waals surface area contributed by atoms with Crippen LogP contribution in [0.1, 0.15) is 25.5 Å². The van der Waals surface area contributed by atoms with Crippen molar-refractivity contribution in [3.8, 4) is 21.7 Å². The number of nitrogens with zero attached hydrogens (tertiary/aromatic N) is 5. The number of nitrogens with two attached hydrogens (primary N) is 1. The SMILES string of the molecule is CCNC(=O)N1CCC2(CCn3nc(-c4cnc(N)c(-c5ccns5)c4)cc32)C1. The van der Waals surface area contributed by atoms with Crippen molar-refractivity contribution < 1.29 is 4.79 Å².